The largest absolute Gasteiger partial charge is 0.573 e. The molecule has 0 amide bonds. The van der Waals surface area contributed by atoms with Crippen molar-refractivity contribution in [2.75, 3.05) is 11.9 Å². The smallest absolute Gasteiger partial charge is 0.404 e. The van der Waals surface area contributed by atoms with Crippen molar-refractivity contribution in [3.05, 3.63) is 22.2 Å². The van der Waals surface area contributed by atoms with Gasteiger partial charge >= 0.3 is 6.36 Å². The number of benzene rings is 1. The standard InChI is InChI=1S/C10H9BrF3NO/c11-7-4-6-2-1-3-15-9(6)8(5-7)16-10(12,13)14/h4-5,15H,1-3H2. The second-order valence-corrected chi connectivity index (χ2v) is 4.43. The molecular weight excluding hydrogens is 287 g/mol. The van der Waals surface area contributed by atoms with Crippen LogP contribution in [0.25, 0.3) is 0 Å². The first-order chi connectivity index (χ1) is 7.46. The summed E-state index contributed by atoms with van der Waals surface area (Å²) in [6, 6.07) is 3.13. The van der Waals surface area contributed by atoms with Crippen LogP contribution in [0.1, 0.15) is 12.0 Å². The first-order valence-corrected chi connectivity index (χ1v) is 5.57. The zero-order valence-corrected chi connectivity index (χ0v) is 9.78. The highest BCUT2D eigenvalue weighted by Gasteiger charge is 2.33. The van der Waals surface area contributed by atoms with Crippen molar-refractivity contribution in [1.82, 2.24) is 0 Å². The molecule has 0 aliphatic carbocycles. The molecule has 1 aromatic carbocycles. The summed E-state index contributed by atoms with van der Waals surface area (Å²) in [6.07, 6.45) is -2.99. The molecule has 0 atom stereocenters. The molecule has 0 radical (unpaired) electrons. The van der Waals surface area contributed by atoms with Gasteiger partial charge in [-0.1, -0.05) is 15.9 Å². The van der Waals surface area contributed by atoms with Gasteiger partial charge in [0.25, 0.3) is 0 Å². The molecule has 1 aliphatic rings. The minimum Gasteiger partial charge on any atom is -0.404 e. The molecule has 1 heterocycles. The van der Waals surface area contributed by atoms with Crippen LogP contribution >= 0.6 is 15.9 Å². The average molecular weight is 296 g/mol. The van der Waals surface area contributed by atoms with Gasteiger partial charge in [-0.15, -0.1) is 13.2 Å². The monoisotopic (exact) mass is 295 g/mol. The van der Waals surface area contributed by atoms with Crippen LogP contribution in [-0.4, -0.2) is 12.9 Å². The van der Waals surface area contributed by atoms with E-state index in [4.69, 9.17) is 0 Å². The van der Waals surface area contributed by atoms with Crippen molar-refractivity contribution in [1.29, 1.82) is 0 Å². The van der Waals surface area contributed by atoms with Crippen LogP contribution < -0.4 is 10.1 Å². The first-order valence-electron chi connectivity index (χ1n) is 4.78. The molecule has 0 fully saturated rings. The van der Waals surface area contributed by atoms with Crippen molar-refractivity contribution in [2.24, 2.45) is 0 Å². The average Bonchev–Trinajstić information content (AvgIpc) is 2.14. The lowest BCUT2D eigenvalue weighted by atomic mass is 10.0. The second-order valence-electron chi connectivity index (χ2n) is 3.52. The molecule has 0 saturated carbocycles. The van der Waals surface area contributed by atoms with Crippen LogP contribution in [0.3, 0.4) is 0 Å². The second kappa shape index (κ2) is 4.16. The lowest BCUT2D eigenvalue weighted by molar-refractivity contribution is -0.274. The van der Waals surface area contributed by atoms with E-state index in [0.717, 1.165) is 18.4 Å². The Balaban J connectivity index is 2.39. The highest BCUT2D eigenvalue weighted by molar-refractivity contribution is 9.10. The van der Waals surface area contributed by atoms with Gasteiger partial charge in [-0.3, -0.25) is 0 Å². The third-order valence-corrected chi connectivity index (χ3v) is 2.76. The van der Waals surface area contributed by atoms with Gasteiger partial charge in [-0.2, -0.15) is 0 Å². The number of anilines is 1. The van der Waals surface area contributed by atoms with Crippen LogP contribution in [0.5, 0.6) is 5.75 Å². The molecule has 1 aromatic rings. The number of ether oxygens (including phenoxy) is 1. The SMILES string of the molecule is FC(F)(F)Oc1cc(Br)cc2c1NCCC2. The molecule has 0 bridgehead atoms. The maximum Gasteiger partial charge on any atom is 0.573 e. The lowest BCUT2D eigenvalue weighted by Crippen LogP contribution is -2.20. The Labute approximate surface area is 98.9 Å². The van der Waals surface area contributed by atoms with Gasteiger partial charge in [0.05, 0.1) is 5.69 Å². The zero-order valence-electron chi connectivity index (χ0n) is 8.20. The van der Waals surface area contributed by atoms with E-state index in [-0.39, 0.29) is 5.75 Å². The molecule has 16 heavy (non-hydrogen) atoms. The van der Waals surface area contributed by atoms with Gasteiger partial charge in [0.15, 0.2) is 5.75 Å². The van der Waals surface area contributed by atoms with Gasteiger partial charge in [0.1, 0.15) is 0 Å². The van der Waals surface area contributed by atoms with Crippen molar-refractivity contribution >= 4 is 21.6 Å². The predicted molar refractivity (Wildman–Crippen MR) is 57.6 cm³/mol. The third-order valence-electron chi connectivity index (χ3n) is 2.30. The van der Waals surface area contributed by atoms with Crippen molar-refractivity contribution in [2.45, 2.75) is 19.2 Å². The maximum atomic E-state index is 12.2. The Morgan fingerprint density at radius 1 is 1.31 bits per heavy atom. The number of rotatable bonds is 1. The predicted octanol–water partition coefficient (Wildman–Crippen LogP) is 3.71. The van der Waals surface area contributed by atoms with Crippen molar-refractivity contribution in [3.8, 4) is 5.75 Å². The summed E-state index contributed by atoms with van der Waals surface area (Å²) < 4.78 is 41.1. The van der Waals surface area contributed by atoms with Gasteiger partial charge in [0, 0.05) is 11.0 Å². The molecule has 0 unspecified atom stereocenters. The fraction of sp³-hybridized carbons (Fsp3) is 0.400. The highest BCUT2D eigenvalue weighted by atomic mass is 79.9. The van der Waals surface area contributed by atoms with Crippen molar-refractivity contribution < 1.29 is 17.9 Å². The van der Waals surface area contributed by atoms with Crippen LogP contribution in [0.4, 0.5) is 18.9 Å². The van der Waals surface area contributed by atoms with E-state index in [0.29, 0.717) is 16.7 Å². The summed E-state index contributed by atoms with van der Waals surface area (Å²) in [6.45, 7) is 0.669. The van der Waals surface area contributed by atoms with Crippen LogP contribution in [0.2, 0.25) is 0 Å². The summed E-state index contributed by atoms with van der Waals surface area (Å²) >= 11 is 3.17. The van der Waals surface area contributed by atoms with Gasteiger partial charge in [0.2, 0.25) is 0 Å². The summed E-state index contributed by atoms with van der Waals surface area (Å²) in [7, 11) is 0. The minimum atomic E-state index is -4.66. The zero-order chi connectivity index (χ0) is 11.8. The third kappa shape index (κ3) is 2.61. The fourth-order valence-corrected chi connectivity index (χ4v) is 2.22. The molecule has 2 rings (SSSR count). The quantitative estimate of drug-likeness (QED) is 0.853. The minimum absolute atomic E-state index is 0.170. The Morgan fingerprint density at radius 2 is 2.06 bits per heavy atom. The number of hydrogen-bond acceptors (Lipinski definition) is 2. The molecule has 88 valence electrons. The van der Waals surface area contributed by atoms with E-state index >= 15 is 0 Å². The summed E-state index contributed by atoms with van der Waals surface area (Å²) in [4.78, 5) is 0. The number of fused-ring (bicyclic) bond motifs is 1. The molecule has 0 saturated heterocycles. The summed E-state index contributed by atoms with van der Waals surface area (Å²) in [5, 5.41) is 2.94. The number of halogens is 4. The number of nitrogens with one attached hydrogen (secondary N) is 1. The van der Waals surface area contributed by atoms with E-state index in [2.05, 4.69) is 26.0 Å². The Morgan fingerprint density at radius 3 is 2.75 bits per heavy atom. The van der Waals surface area contributed by atoms with Crippen LogP contribution in [0, 0.1) is 0 Å². The summed E-state index contributed by atoms with van der Waals surface area (Å²) in [5.41, 5.74) is 1.30. The fourth-order valence-electron chi connectivity index (χ4n) is 1.73. The Hall–Kier alpha value is -0.910. The van der Waals surface area contributed by atoms with Crippen molar-refractivity contribution in [3.63, 3.8) is 0 Å². The highest BCUT2D eigenvalue weighted by Crippen LogP contribution is 2.38. The number of aryl methyl sites for hydroxylation is 1. The molecule has 0 aromatic heterocycles. The van der Waals surface area contributed by atoms with E-state index in [1.54, 1.807) is 0 Å². The Kier molecular flexibility index (Phi) is 3.01. The molecule has 0 spiro atoms. The topological polar surface area (TPSA) is 21.3 Å². The van der Waals surface area contributed by atoms with Gasteiger partial charge in [-0.25, -0.2) is 0 Å². The van der Waals surface area contributed by atoms with Crippen LogP contribution in [0.15, 0.2) is 16.6 Å². The Bertz CT molecular complexity index is 406. The van der Waals surface area contributed by atoms with E-state index in [9.17, 15) is 13.2 Å². The maximum absolute atomic E-state index is 12.2. The van der Waals surface area contributed by atoms with Gasteiger partial charge in [-0.05, 0) is 30.5 Å². The summed E-state index contributed by atoms with van der Waals surface area (Å²) in [5.74, 6) is -0.170. The van der Waals surface area contributed by atoms with Gasteiger partial charge < -0.3 is 10.1 Å². The van der Waals surface area contributed by atoms with E-state index in [1.165, 1.54) is 6.07 Å². The molecule has 6 heteroatoms. The molecular formula is C10H9BrF3NO. The van der Waals surface area contributed by atoms with E-state index < -0.39 is 6.36 Å². The van der Waals surface area contributed by atoms with E-state index in [1.807, 2.05) is 6.07 Å². The lowest BCUT2D eigenvalue weighted by Gasteiger charge is -2.22. The number of alkyl halides is 3. The number of hydrogen-bond donors (Lipinski definition) is 1. The molecule has 2 nitrogen and oxygen atoms in total. The molecule has 1 aliphatic heterocycles. The van der Waals surface area contributed by atoms with Crippen LogP contribution in [-0.2, 0) is 6.42 Å². The first kappa shape index (κ1) is 11.6. The normalized spacial score (nSPS) is 15.2. The molecule has 1 N–H and O–H groups in total.